The first-order chi connectivity index (χ1) is 6.33. The number of aromatic nitrogens is 2. The van der Waals surface area contributed by atoms with Gasteiger partial charge in [-0.1, -0.05) is 11.2 Å². The highest BCUT2D eigenvalue weighted by atomic mass is 16.4. The van der Waals surface area contributed by atoms with Crippen molar-refractivity contribution in [2.45, 2.75) is 6.92 Å². The van der Waals surface area contributed by atoms with E-state index < -0.39 is 0 Å². The van der Waals surface area contributed by atoms with Gasteiger partial charge in [0.1, 0.15) is 5.65 Å². The summed E-state index contributed by atoms with van der Waals surface area (Å²) in [5.41, 5.74) is 2.51. The fraction of sp³-hybridized carbons (Fsp3) is 0.111. The Morgan fingerprint density at radius 2 is 2.38 bits per heavy atom. The fourth-order valence-electron chi connectivity index (χ4n) is 1.34. The highest BCUT2D eigenvalue weighted by Gasteiger charge is 2.04. The lowest BCUT2D eigenvalue weighted by Gasteiger charge is -1.93. The number of nitrogens with zero attached hydrogens (tertiary/aromatic N) is 3. The zero-order chi connectivity index (χ0) is 9.26. The zero-order valence-corrected chi connectivity index (χ0v) is 7.18. The van der Waals surface area contributed by atoms with E-state index in [0.29, 0.717) is 0 Å². The molecule has 2 heterocycles. The van der Waals surface area contributed by atoms with E-state index in [0.717, 1.165) is 17.0 Å². The van der Waals surface area contributed by atoms with Gasteiger partial charge < -0.3 is 5.21 Å². The lowest BCUT2D eigenvalue weighted by Crippen LogP contribution is -1.91. The molecule has 0 saturated carbocycles. The predicted octanol–water partition coefficient (Wildman–Crippen LogP) is 1.45. The molecule has 0 aromatic carbocycles. The summed E-state index contributed by atoms with van der Waals surface area (Å²) < 4.78 is 1.87. The van der Waals surface area contributed by atoms with E-state index in [1.807, 2.05) is 35.7 Å². The van der Waals surface area contributed by atoms with Crippen LogP contribution in [-0.2, 0) is 0 Å². The number of rotatable bonds is 1. The Kier molecular flexibility index (Phi) is 1.73. The van der Waals surface area contributed by atoms with Gasteiger partial charge in [0.05, 0.1) is 17.6 Å². The van der Waals surface area contributed by atoms with Gasteiger partial charge in [0.2, 0.25) is 0 Å². The molecule has 0 unspecified atom stereocenters. The van der Waals surface area contributed by atoms with Crippen LogP contribution in [0.4, 0.5) is 0 Å². The number of imidazole rings is 1. The zero-order valence-electron chi connectivity index (χ0n) is 7.18. The average Bonchev–Trinajstić information content (AvgIpc) is 2.44. The lowest BCUT2D eigenvalue weighted by molar-refractivity contribution is 0.321. The van der Waals surface area contributed by atoms with E-state index in [-0.39, 0.29) is 0 Å². The number of fused-ring (bicyclic) bond motifs is 1. The molecule has 4 nitrogen and oxygen atoms in total. The lowest BCUT2D eigenvalue weighted by atomic mass is 10.4. The maximum atomic E-state index is 8.45. The second kappa shape index (κ2) is 2.90. The second-order valence-corrected chi connectivity index (χ2v) is 2.76. The van der Waals surface area contributed by atoms with Crippen LogP contribution < -0.4 is 0 Å². The molecule has 0 bridgehead atoms. The van der Waals surface area contributed by atoms with Crippen molar-refractivity contribution in [3.05, 3.63) is 35.8 Å². The Morgan fingerprint density at radius 1 is 1.54 bits per heavy atom. The minimum absolute atomic E-state index is 0.804. The molecule has 1 N–H and O–H groups in total. The number of aryl methyl sites for hydroxylation is 1. The Labute approximate surface area is 75.1 Å². The molecule has 2 rings (SSSR count). The van der Waals surface area contributed by atoms with Crippen LogP contribution in [0, 0.1) is 6.92 Å². The molecule has 2 aromatic rings. The van der Waals surface area contributed by atoms with Crippen LogP contribution in [0.3, 0.4) is 0 Å². The van der Waals surface area contributed by atoms with Gasteiger partial charge in [0, 0.05) is 6.20 Å². The molecule has 66 valence electrons. The van der Waals surface area contributed by atoms with E-state index in [9.17, 15) is 0 Å². The van der Waals surface area contributed by atoms with Gasteiger partial charge in [0.15, 0.2) is 0 Å². The summed E-state index contributed by atoms with van der Waals surface area (Å²) in [6.45, 7) is 1.88. The molecular weight excluding hydrogens is 166 g/mol. The third kappa shape index (κ3) is 1.16. The molecule has 0 saturated heterocycles. The average molecular weight is 175 g/mol. The molecule has 0 amide bonds. The predicted molar refractivity (Wildman–Crippen MR) is 49.3 cm³/mol. The summed E-state index contributed by atoms with van der Waals surface area (Å²) in [4.78, 5) is 4.29. The summed E-state index contributed by atoms with van der Waals surface area (Å²) in [5, 5.41) is 11.5. The first kappa shape index (κ1) is 7.79. The Morgan fingerprint density at radius 3 is 3.15 bits per heavy atom. The topological polar surface area (TPSA) is 49.9 Å². The van der Waals surface area contributed by atoms with Crippen LogP contribution >= 0.6 is 0 Å². The third-order valence-corrected chi connectivity index (χ3v) is 1.93. The first-order valence-electron chi connectivity index (χ1n) is 3.94. The molecule has 0 aliphatic rings. The number of hydrogen-bond donors (Lipinski definition) is 1. The van der Waals surface area contributed by atoms with Gasteiger partial charge in [-0.25, -0.2) is 4.98 Å². The standard InChI is InChI=1S/C9H9N3O/c1-7-8(6-10-13)12-5-3-2-4-9(12)11-7/h2-6,13H,1H3/b10-6-. The molecule has 0 spiro atoms. The molecule has 4 heteroatoms. The van der Waals surface area contributed by atoms with Crippen molar-refractivity contribution in [2.24, 2.45) is 5.16 Å². The van der Waals surface area contributed by atoms with Crippen molar-refractivity contribution in [3.63, 3.8) is 0 Å². The minimum Gasteiger partial charge on any atom is -0.411 e. The van der Waals surface area contributed by atoms with Crippen molar-refractivity contribution in [3.8, 4) is 0 Å². The summed E-state index contributed by atoms with van der Waals surface area (Å²) in [6.07, 6.45) is 3.27. The highest BCUT2D eigenvalue weighted by Crippen LogP contribution is 2.08. The quantitative estimate of drug-likeness (QED) is 0.405. The van der Waals surface area contributed by atoms with E-state index in [1.54, 1.807) is 0 Å². The van der Waals surface area contributed by atoms with Crippen molar-refractivity contribution >= 4 is 11.9 Å². The summed E-state index contributed by atoms with van der Waals surface area (Å²) in [5.74, 6) is 0. The molecule has 13 heavy (non-hydrogen) atoms. The summed E-state index contributed by atoms with van der Waals surface area (Å²) in [6, 6.07) is 5.73. The van der Waals surface area contributed by atoms with Gasteiger partial charge >= 0.3 is 0 Å². The minimum atomic E-state index is 0.804. The van der Waals surface area contributed by atoms with Gasteiger partial charge in [0.25, 0.3) is 0 Å². The SMILES string of the molecule is Cc1nc2ccccn2c1/C=N\O. The molecule has 0 fully saturated rings. The van der Waals surface area contributed by atoms with Crippen molar-refractivity contribution < 1.29 is 5.21 Å². The van der Waals surface area contributed by atoms with Crippen LogP contribution in [0.5, 0.6) is 0 Å². The molecule has 0 aliphatic carbocycles. The van der Waals surface area contributed by atoms with E-state index in [1.165, 1.54) is 6.21 Å². The van der Waals surface area contributed by atoms with Gasteiger partial charge in [-0.15, -0.1) is 0 Å². The monoisotopic (exact) mass is 175 g/mol. The van der Waals surface area contributed by atoms with Crippen LogP contribution in [0.1, 0.15) is 11.4 Å². The van der Waals surface area contributed by atoms with Gasteiger partial charge in [-0.05, 0) is 19.1 Å². The molecule has 0 aliphatic heterocycles. The van der Waals surface area contributed by atoms with Crippen molar-refractivity contribution in [1.82, 2.24) is 9.38 Å². The number of oxime groups is 1. The van der Waals surface area contributed by atoms with Crippen LogP contribution in [-0.4, -0.2) is 20.8 Å². The smallest absolute Gasteiger partial charge is 0.137 e. The maximum Gasteiger partial charge on any atom is 0.137 e. The summed E-state index contributed by atoms with van der Waals surface area (Å²) in [7, 11) is 0. The van der Waals surface area contributed by atoms with Crippen LogP contribution in [0.2, 0.25) is 0 Å². The van der Waals surface area contributed by atoms with Crippen LogP contribution in [0.25, 0.3) is 5.65 Å². The van der Waals surface area contributed by atoms with Crippen molar-refractivity contribution in [1.29, 1.82) is 0 Å². The highest BCUT2D eigenvalue weighted by molar-refractivity contribution is 5.80. The first-order valence-corrected chi connectivity index (χ1v) is 3.94. The second-order valence-electron chi connectivity index (χ2n) is 2.76. The Hall–Kier alpha value is -1.84. The largest absolute Gasteiger partial charge is 0.411 e. The summed E-state index contributed by atoms with van der Waals surface area (Å²) >= 11 is 0. The van der Waals surface area contributed by atoms with Crippen molar-refractivity contribution in [2.75, 3.05) is 0 Å². The van der Waals surface area contributed by atoms with Crippen LogP contribution in [0.15, 0.2) is 29.6 Å². The number of hydrogen-bond acceptors (Lipinski definition) is 3. The number of pyridine rings is 1. The van der Waals surface area contributed by atoms with Gasteiger partial charge in [-0.3, -0.25) is 4.40 Å². The fourth-order valence-corrected chi connectivity index (χ4v) is 1.34. The third-order valence-electron chi connectivity index (χ3n) is 1.93. The Bertz CT molecular complexity index is 459. The maximum absolute atomic E-state index is 8.45. The van der Waals surface area contributed by atoms with E-state index >= 15 is 0 Å². The van der Waals surface area contributed by atoms with E-state index in [4.69, 9.17) is 5.21 Å². The molecule has 0 radical (unpaired) electrons. The normalized spacial score (nSPS) is 11.5. The van der Waals surface area contributed by atoms with Gasteiger partial charge in [-0.2, -0.15) is 0 Å². The Balaban J connectivity index is 2.78. The molecular formula is C9H9N3O. The molecule has 0 atom stereocenters. The molecule has 2 aromatic heterocycles. The van der Waals surface area contributed by atoms with E-state index in [2.05, 4.69) is 10.1 Å².